The summed E-state index contributed by atoms with van der Waals surface area (Å²) in [5.74, 6) is -0.856. The number of anilines is 3. The van der Waals surface area contributed by atoms with Gasteiger partial charge < -0.3 is 20.4 Å². The monoisotopic (exact) mass is 527 g/mol. The van der Waals surface area contributed by atoms with E-state index in [1.54, 1.807) is 24.3 Å². The summed E-state index contributed by atoms with van der Waals surface area (Å²) in [6, 6.07) is 10.2. The first kappa shape index (κ1) is 25.0. The van der Waals surface area contributed by atoms with Crippen LogP contribution in [0.1, 0.15) is 27.9 Å². The minimum absolute atomic E-state index is 0.0543. The van der Waals surface area contributed by atoms with E-state index in [9.17, 15) is 22.8 Å². The fourth-order valence-electron chi connectivity index (χ4n) is 4.30. The Bertz CT molecular complexity index is 1380. The number of likely N-dealkylation sites (N-methyl/N-ethyl adjacent to an activating group) is 1. The Hall–Kier alpha value is -3.70. The topological polar surface area (TPSA) is 77.0 Å². The van der Waals surface area contributed by atoms with E-state index in [1.165, 1.54) is 17.4 Å². The molecule has 2 aromatic carbocycles. The van der Waals surface area contributed by atoms with Crippen molar-refractivity contribution in [2.45, 2.75) is 12.6 Å². The fourth-order valence-corrected chi connectivity index (χ4v) is 4.99. The number of benzene rings is 2. The lowest BCUT2D eigenvalue weighted by molar-refractivity contribution is -0.137. The third-order valence-electron chi connectivity index (χ3n) is 6.33. The number of amides is 2. The summed E-state index contributed by atoms with van der Waals surface area (Å²) in [6.45, 7) is 2.59. The molecule has 5 rings (SSSR count). The summed E-state index contributed by atoms with van der Waals surface area (Å²) in [5.41, 5.74) is 2.27. The molecule has 0 unspecified atom stereocenters. The lowest BCUT2D eigenvalue weighted by Gasteiger charge is -2.34. The SMILES string of the molecule is CN1CCN(c2cc(C(=O)Nc3cccc(C4=Nc5cscc5NC(=O)C4)c3)cc(C(F)(F)F)c2)CC1. The smallest absolute Gasteiger partial charge is 0.369 e. The molecule has 1 aromatic heterocycles. The summed E-state index contributed by atoms with van der Waals surface area (Å²) >= 11 is 1.42. The van der Waals surface area contributed by atoms with Crippen molar-refractivity contribution in [3.8, 4) is 0 Å². The van der Waals surface area contributed by atoms with Crippen molar-refractivity contribution in [3.05, 3.63) is 69.9 Å². The quantitative estimate of drug-likeness (QED) is 0.487. The normalized spacial score (nSPS) is 16.5. The molecule has 2 amide bonds. The van der Waals surface area contributed by atoms with Crippen molar-refractivity contribution in [2.24, 2.45) is 4.99 Å². The first-order valence-corrected chi connectivity index (χ1v) is 12.6. The van der Waals surface area contributed by atoms with Crippen molar-refractivity contribution in [2.75, 3.05) is 48.8 Å². The maximum absolute atomic E-state index is 13.7. The lowest BCUT2D eigenvalue weighted by atomic mass is 10.0. The Morgan fingerprint density at radius 1 is 1.08 bits per heavy atom. The van der Waals surface area contributed by atoms with Crippen LogP contribution in [0.15, 0.2) is 58.2 Å². The maximum Gasteiger partial charge on any atom is 0.416 e. The van der Waals surface area contributed by atoms with Crippen LogP contribution in [0, 0.1) is 0 Å². The van der Waals surface area contributed by atoms with E-state index >= 15 is 0 Å². The molecule has 1 fully saturated rings. The third kappa shape index (κ3) is 5.67. The summed E-state index contributed by atoms with van der Waals surface area (Å²) < 4.78 is 41.0. The van der Waals surface area contributed by atoms with E-state index < -0.39 is 17.6 Å². The zero-order chi connectivity index (χ0) is 26.2. The van der Waals surface area contributed by atoms with Gasteiger partial charge in [0.1, 0.15) is 0 Å². The van der Waals surface area contributed by atoms with Crippen LogP contribution in [-0.4, -0.2) is 55.7 Å². The average molecular weight is 528 g/mol. The van der Waals surface area contributed by atoms with E-state index in [1.807, 2.05) is 22.7 Å². The molecule has 0 atom stereocenters. The van der Waals surface area contributed by atoms with Gasteiger partial charge in [-0.05, 0) is 42.9 Å². The standard InChI is InChI=1S/C26H24F3N5O2S/c1-33-5-7-34(8-6-33)20-11-17(9-18(12-20)26(27,28)29)25(36)30-19-4-2-3-16(10-19)21-13-24(35)32-23-15-37-14-22(23)31-21/h2-4,9-12,14-15H,5-8,13H2,1H3,(H,30,36)(H,32,35). The fraction of sp³-hybridized carbons (Fsp3) is 0.269. The first-order valence-electron chi connectivity index (χ1n) is 11.7. The highest BCUT2D eigenvalue weighted by atomic mass is 32.1. The number of thiophene rings is 1. The van der Waals surface area contributed by atoms with Crippen molar-refractivity contribution in [3.63, 3.8) is 0 Å². The number of fused-ring (bicyclic) bond motifs is 1. The number of nitrogens with one attached hydrogen (secondary N) is 2. The molecule has 37 heavy (non-hydrogen) atoms. The molecule has 0 spiro atoms. The molecule has 192 valence electrons. The summed E-state index contributed by atoms with van der Waals surface area (Å²) in [6.07, 6.45) is -4.53. The Morgan fingerprint density at radius 3 is 2.62 bits per heavy atom. The van der Waals surface area contributed by atoms with E-state index in [2.05, 4.69) is 20.5 Å². The number of alkyl halides is 3. The van der Waals surface area contributed by atoms with Crippen LogP contribution in [0.2, 0.25) is 0 Å². The molecular weight excluding hydrogens is 503 g/mol. The number of piperazine rings is 1. The predicted molar refractivity (Wildman–Crippen MR) is 139 cm³/mol. The first-order chi connectivity index (χ1) is 17.7. The molecule has 7 nitrogen and oxygen atoms in total. The minimum atomic E-state index is -4.59. The Kier molecular flexibility index (Phi) is 6.74. The van der Waals surface area contributed by atoms with Crippen LogP contribution in [-0.2, 0) is 11.0 Å². The molecule has 2 N–H and O–H groups in total. The average Bonchev–Trinajstić information content (AvgIpc) is 3.22. The number of hydrogen-bond acceptors (Lipinski definition) is 6. The lowest BCUT2D eigenvalue weighted by Crippen LogP contribution is -2.44. The number of carbonyl (C=O) groups is 2. The van der Waals surface area contributed by atoms with Crippen molar-refractivity contribution < 1.29 is 22.8 Å². The molecule has 3 aromatic rings. The molecule has 2 aliphatic heterocycles. The van der Waals surface area contributed by atoms with Gasteiger partial charge in [-0.25, -0.2) is 4.99 Å². The molecular formula is C26H24F3N5O2S. The summed E-state index contributed by atoms with van der Waals surface area (Å²) in [5, 5.41) is 9.16. The highest BCUT2D eigenvalue weighted by molar-refractivity contribution is 7.09. The Morgan fingerprint density at radius 2 is 1.86 bits per heavy atom. The Labute approximate surface area is 215 Å². The summed E-state index contributed by atoms with van der Waals surface area (Å²) in [4.78, 5) is 34.0. The number of halogens is 3. The van der Waals surface area contributed by atoms with Crippen LogP contribution in [0.3, 0.4) is 0 Å². The number of carbonyl (C=O) groups excluding carboxylic acids is 2. The second kappa shape index (κ2) is 9.98. The van der Waals surface area contributed by atoms with Crippen LogP contribution in [0.5, 0.6) is 0 Å². The highest BCUT2D eigenvalue weighted by Crippen LogP contribution is 2.34. The minimum Gasteiger partial charge on any atom is -0.369 e. The predicted octanol–water partition coefficient (Wildman–Crippen LogP) is 5.23. The molecule has 0 radical (unpaired) electrons. The van der Waals surface area contributed by atoms with Crippen LogP contribution in [0.25, 0.3) is 0 Å². The van der Waals surface area contributed by atoms with Crippen LogP contribution in [0.4, 0.5) is 35.9 Å². The van der Waals surface area contributed by atoms with Gasteiger partial charge in [-0.1, -0.05) is 12.1 Å². The molecule has 2 aliphatic rings. The highest BCUT2D eigenvalue weighted by Gasteiger charge is 2.32. The van der Waals surface area contributed by atoms with Gasteiger partial charge in [-0.3, -0.25) is 9.59 Å². The molecule has 0 saturated carbocycles. The van der Waals surface area contributed by atoms with Gasteiger partial charge in [0.15, 0.2) is 0 Å². The molecule has 0 bridgehead atoms. The van der Waals surface area contributed by atoms with Gasteiger partial charge in [0.05, 0.1) is 29.1 Å². The van der Waals surface area contributed by atoms with Gasteiger partial charge >= 0.3 is 6.18 Å². The van der Waals surface area contributed by atoms with Gasteiger partial charge in [-0.2, -0.15) is 13.2 Å². The van der Waals surface area contributed by atoms with E-state index in [0.717, 1.165) is 25.2 Å². The van der Waals surface area contributed by atoms with Crippen molar-refractivity contribution in [1.29, 1.82) is 0 Å². The number of hydrogen-bond donors (Lipinski definition) is 2. The summed E-state index contributed by atoms with van der Waals surface area (Å²) in [7, 11) is 1.96. The van der Waals surface area contributed by atoms with E-state index in [-0.39, 0.29) is 17.9 Å². The van der Waals surface area contributed by atoms with Crippen molar-refractivity contribution >= 4 is 51.6 Å². The maximum atomic E-state index is 13.7. The molecule has 0 aliphatic carbocycles. The Balaban J connectivity index is 1.41. The van der Waals surface area contributed by atoms with E-state index in [4.69, 9.17) is 0 Å². The van der Waals surface area contributed by atoms with E-state index in [0.29, 0.717) is 47.1 Å². The van der Waals surface area contributed by atoms with Gasteiger partial charge in [0.25, 0.3) is 5.91 Å². The van der Waals surface area contributed by atoms with Crippen LogP contribution >= 0.6 is 11.3 Å². The molecule has 3 heterocycles. The molecule has 11 heteroatoms. The molecule has 1 saturated heterocycles. The second-order valence-electron chi connectivity index (χ2n) is 9.05. The zero-order valence-electron chi connectivity index (χ0n) is 19.9. The van der Waals surface area contributed by atoms with Gasteiger partial charge in [0.2, 0.25) is 5.91 Å². The number of rotatable bonds is 4. The third-order valence-corrected chi connectivity index (χ3v) is 7.06. The van der Waals surface area contributed by atoms with Gasteiger partial charge in [0, 0.05) is 53.9 Å². The van der Waals surface area contributed by atoms with Crippen molar-refractivity contribution in [1.82, 2.24) is 4.90 Å². The second-order valence-corrected chi connectivity index (χ2v) is 9.79. The van der Waals surface area contributed by atoms with Gasteiger partial charge in [-0.15, -0.1) is 11.3 Å². The van der Waals surface area contributed by atoms with Crippen LogP contribution < -0.4 is 15.5 Å². The number of aliphatic imine (C=N–C) groups is 1. The largest absolute Gasteiger partial charge is 0.416 e. The zero-order valence-corrected chi connectivity index (χ0v) is 20.7. The number of nitrogens with zero attached hydrogens (tertiary/aromatic N) is 3.